The van der Waals surface area contributed by atoms with Crippen molar-refractivity contribution >= 4 is 23.1 Å². The van der Waals surface area contributed by atoms with E-state index in [1.807, 2.05) is 31.4 Å². The molecular weight excluding hydrogens is 272 g/mol. The van der Waals surface area contributed by atoms with E-state index in [1.54, 1.807) is 17.5 Å². The van der Waals surface area contributed by atoms with E-state index in [0.717, 1.165) is 17.8 Å². The maximum Gasteiger partial charge on any atom is 0.271 e. The molecule has 2 N–H and O–H groups in total. The van der Waals surface area contributed by atoms with Gasteiger partial charge in [-0.25, -0.2) is 9.97 Å². The third-order valence-corrected chi connectivity index (χ3v) is 3.83. The Kier molecular flexibility index (Phi) is 5.06. The standard InChI is InChI=1S/C14H18N4OS/c1-3-10(12-6-5-7-20-12)18-14(19)11-8-17-13(9-16-11)15-4-2/h5-10H,3-4H2,1-2H3,(H,15,17)(H,18,19). The summed E-state index contributed by atoms with van der Waals surface area (Å²) in [6.45, 7) is 4.80. The minimum Gasteiger partial charge on any atom is -0.369 e. The van der Waals surface area contributed by atoms with Crippen LogP contribution >= 0.6 is 11.3 Å². The van der Waals surface area contributed by atoms with Crippen molar-refractivity contribution in [3.8, 4) is 0 Å². The number of thiophene rings is 1. The molecule has 2 rings (SSSR count). The summed E-state index contributed by atoms with van der Waals surface area (Å²) in [5.41, 5.74) is 0.335. The Labute approximate surface area is 122 Å². The Hall–Kier alpha value is -1.95. The van der Waals surface area contributed by atoms with Crippen molar-refractivity contribution in [1.82, 2.24) is 15.3 Å². The smallest absolute Gasteiger partial charge is 0.271 e. The highest BCUT2D eigenvalue weighted by Gasteiger charge is 2.16. The van der Waals surface area contributed by atoms with E-state index in [9.17, 15) is 4.79 Å². The monoisotopic (exact) mass is 290 g/mol. The Balaban J connectivity index is 2.03. The molecule has 0 aliphatic heterocycles. The van der Waals surface area contributed by atoms with E-state index >= 15 is 0 Å². The van der Waals surface area contributed by atoms with Gasteiger partial charge in [-0.2, -0.15) is 0 Å². The summed E-state index contributed by atoms with van der Waals surface area (Å²) < 4.78 is 0. The number of aromatic nitrogens is 2. The van der Waals surface area contributed by atoms with E-state index in [0.29, 0.717) is 11.5 Å². The molecule has 0 saturated carbocycles. The molecule has 1 amide bonds. The summed E-state index contributed by atoms with van der Waals surface area (Å²) in [7, 11) is 0. The quantitative estimate of drug-likeness (QED) is 0.858. The third-order valence-electron chi connectivity index (χ3n) is 2.84. The molecule has 1 atom stereocenters. The summed E-state index contributed by atoms with van der Waals surface area (Å²) in [5, 5.41) is 8.04. The van der Waals surface area contributed by atoms with Crippen molar-refractivity contribution in [3.05, 3.63) is 40.5 Å². The average molecular weight is 290 g/mol. The molecule has 5 nitrogen and oxygen atoms in total. The molecule has 0 fully saturated rings. The van der Waals surface area contributed by atoms with Gasteiger partial charge in [0.25, 0.3) is 5.91 Å². The molecule has 106 valence electrons. The minimum atomic E-state index is -0.194. The normalized spacial score (nSPS) is 11.9. The van der Waals surface area contributed by atoms with Crippen LogP contribution in [0.25, 0.3) is 0 Å². The number of rotatable bonds is 6. The first kappa shape index (κ1) is 14.5. The van der Waals surface area contributed by atoms with Gasteiger partial charge < -0.3 is 10.6 Å². The van der Waals surface area contributed by atoms with E-state index in [1.165, 1.54) is 6.20 Å². The fraction of sp³-hybridized carbons (Fsp3) is 0.357. The Morgan fingerprint density at radius 2 is 2.20 bits per heavy atom. The first-order valence-electron chi connectivity index (χ1n) is 6.64. The summed E-state index contributed by atoms with van der Waals surface area (Å²) in [4.78, 5) is 21.6. The van der Waals surface area contributed by atoms with Crippen LogP contribution in [0.15, 0.2) is 29.9 Å². The number of nitrogens with one attached hydrogen (secondary N) is 2. The van der Waals surface area contributed by atoms with Crippen molar-refractivity contribution in [3.63, 3.8) is 0 Å². The number of anilines is 1. The molecule has 1 unspecified atom stereocenters. The molecule has 0 aliphatic rings. The number of hydrogen-bond donors (Lipinski definition) is 2. The van der Waals surface area contributed by atoms with Gasteiger partial charge in [0.1, 0.15) is 11.5 Å². The molecule has 2 aromatic rings. The lowest BCUT2D eigenvalue weighted by Gasteiger charge is -2.15. The number of hydrogen-bond acceptors (Lipinski definition) is 5. The average Bonchev–Trinajstić information content (AvgIpc) is 2.99. The molecule has 0 aliphatic carbocycles. The zero-order valence-corrected chi connectivity index (χ0v) is 12.4. The van der Waals surface area contributed by atoms with Gasteiger partial charge in [0.15, 0.2) is 0 Å². The summed E-state index contributed by atoms with van der Waals surface area (Å²) in [6.07, 6.45) is 3.91. The van der Waals surface area contributed by atoms with Crippen molar-refractivity contribution < 1.29 is 4.79 Å². The topological polar surface area (TPSA) is 66.9 Å². The Bertz CT molecular complexity index is 539. The second-order valence-corrected chi connectivity index (χ2v) is 5.25. The molecule has 0 aromatic carbocycles. The van der Waals surface area contributed by atoms with E-state index < -0.39 is 0 Å². The van der Waals surface area contributed by atoms with Crippen LogP contribution in [0.2, 0.25) is 0 Å². The van der Waals surface area contributed by atoms with Crippen LogP contribution in [0.4, 0.5) is 5.82 Å². The predicted molar refractivity (Wildman–Crippen MR) is 81.0 cm³/mol. The number of nitrogens with zero attached hydrogens (tertiary/aromatic N) is 2. The lowest BCUT2D eigenvalue weighted by atomic mass is 10.2. The maximum absolute atomic E-state index is 12.1. The zero-order valence-electron chi connectivity index (χ0n) is 11.6. The highest BCUT2D eigenvalue weighted by Crippen LogP contribution is 2.21. The zero-order chi connectivity index (χ0) is 14.4. The lowest BCUT2D eigenvalue weighted by Crippen LogP contribution is -2.28. The van der Waals surface area contributed by atoms with Gasteiger partial charge in [0.2, 0.25) is 0 Å². The van der Waals surface area contributed by atoms with Crippen molar-refractivity contribution in [1.29, 1.82) is 0 Å². The highest BCUT2D eigenvalue weighted by molar-refractivity contribution is 7.10. The molecular formula is C14H18N4OS. The molecule has 20 heavy (non-hydrogen) atoms. The molecule has 6 heteroatoms. The van der Waals surface area contributed by atoms with Crippen LogP contribution in [-0.2, 0) is 0 Å². The SMILES string of the molecule is CCNc1cnc(C(=O)NC(CC)c2cccs2)cn1. The van der Waals surface area contributed by atoms with Gasteiger partial charge in [-0.05, 0) is 24.8 Å². The summed E-state index contributed by atoms with van der Waals surface area (Å²) in [5.74, 6) is 0.482. The number of carbonyl (C=O) groups is 1. The Morgan fingerprint density at radius 3 is 2.75 bits per heavy atom. The van der Waals surface area contributed by atoms with Crippen LogP contribution in [-0.4, -0.2) is 22.4 Å². The molecule has 0 bridgehead atoms. The number of amides is 1. The fourth-order valence-corrected chi connectivity index (χ4v) is 2.68. The van der Waals surface area contributed by atoms with Gasteiger partial charge in [-0.15, -0.1) is 11.3 Å². The summed E-state index contributed by atoms with van der Waals surface area (Å²) >= 11 is 1.64. The van der Waals surface area contributed by atoms with Crippen molar-refractivity contribution in [2.45, 2.75) is 26.3 Å². The Morgan fingerprint density at radius 1 is 1.35 bits per heavy atom. The number of carbonyl (C=O) groups excluding carboxylic acids is 1. The van der Waals surface area contributed by atoms with Gasteiger partial charge in [0.05, 0.1) is 18.4 Å². The second-order valence-electron chi connectivity index (χ2n) is 4.27. The highest BCUT2D eigenvalue weighted by atomic mass is 32.1. The molecule has 0 spiro atoms. The predicted octanol–water partition coefficient (Wildman–Crippen LogP) is 2.85. The second kappa shape index (κ2) is 7.00. The van der Waals surface area contributed by atoms with Gasteiger partial charge in [-0.1, -0.05) is 13.0 Å². The molecule has 0 radical (unpaired) electrons. The van der Waals surface area contributed by atoms with Gasteiger partial charge in [0, 0.05) is 11.4 Å². The first-order valence-corrected chi connectivity index (χ1v) is 7.52. The van der Waals surface area contributed by atoms with E-state index in [-0.39, 0.29) is 11.9 Å². The third kappa shape index (κ3) is 3.54. The van der Waals surface area contributed by atoms with Crippen LogP contribution in [0, 0.1) is 0 Å². The lowest BCUT2D eigenvalue weighted by molar-refractivity contribution is 0.0931. The molecule has 2 aromatic heterocycles. The molecule has 0 saturated heterocycles. The van der Waals surface area contributed by atoms with Crippen LogP contribution < -0.4 is 10.6 Å². The van der Waals surface area contributed by atoms with E-state index in [2.05, 4.69) is 20.6 Å². The van der Waals surface area contributed by atoms with Crippen molar-refractivity contribution in [2.24, 2.45) is 0 Å². The van der Waals surface area contributed by atoms with Gasteiger partial charge in [-0.3, -0.25) is 4.79 Å². The largest absolute Gasteiger partial charge is 0.369 e. The maximum atomic E-state index is 12.1. The van der Waals surface area contributed by atoms with Crippen molar-refractivity contribution in [2.75, 3.05) is 11.9 Å². The fourth-order valence-electron chi connectivity index (χ4n) is 1.81. The van der Waals surface area contributed by atoms with Crippen LogP contribution in [0.5, 0.6) is 0 Å². The summed E-state index contributed by atoms with van der Waals surface area (Å²) in [6, 6.07) is 4.04. The van der Waals surface area contributed by atoms with Crippen LogP contribution in [0.3, 0.4) is 0 Å². The minimum absolute atomic E-state index is 0.0257. The van der Waals surface area contributed by atoms with Gasteiger partial charge >= 0.3 is 0 Å². The molecule has 2 heterocycles. The van der Waals surface area contributed by atoms with Crippen LogP contribution in [0.1, 0.15) is 41.7 Å². The van der Waals surface area contributed by atoms with E-state index in [4.69, 9.17) is 0 Å². The first-order chi connectivity index (χ1) is 9.74.